The molecule has 0 unspecified atom stereocenters. The van der Waals surface area contributed by atoms with Gasteiger partial charge in [-0.25, -0.2) is 0 Å². The van der Waals surface area contributed by atoms with Crippen LogP contribution in [-0.2, 0) is 13.1 Å². The third kappa shape index (κ3) is 4.94. The summed E-state index contributed by atoms with van der Waals surface area (Å²) < 4.78 is 16.2. The number of hydrogen-bond acceptors (Lipinski definition) is 5. The van der Waals surface area contributed by atoms with Crippen molar-refractivity contribution < 1.29 is 14.2 Å². The predicted molar refractivity (Wildman–Crippen MR) is 115 cm³/mol. The Kier molecular flexibility index (Phi) is 7.52. The zero-order valence-electron chi connectivity index (χ0n) is 16.0. The van der Waals surface area contributed by atoms with E-state index < -0.39 is 0 Å². The summed E-state index contributed by atoms with van der Waals surface area (Å²) >= 11 is 0. The first-order valence-corrected chi connectivity index (χ1v) is 8.44. The monoisotopic (exact) mass is 484 g/mol. The zero-order valence-corrected chi connectivity index (χ0v) is 18.3. The lowest BCUT2D eigenvalue weighted by Gasteiger charge is -2.15. The molecule has 0 amide bonds. The zero-order chi connectivity index (χ0) is 18.5. The van der Waals surface area contributed by atoms with Crippen LogP contribution in [0.2, 0.25) is 0 Å². The molecule has 0 atom stereocenters. The average molecular weight is 484 g/mol. The van der Waals surface area contributed by atoms with Crippen LogP contribution >= 0.6 is 24.0 Å². The number of rotatable bonds is 5. The van der Waals surface area contributed by atoms with E-state index in [2.05, 4.69) is 20.6 Å². The maximum atomic E-state index is 5.46. The number of pyridine rings is 1. The van der Waals surface area contributed by atoms with E-state index in [0.717, 1.165) is 39.6 Å². The van der Waals surface area contributed by atoms with Crippen molar-refractivity contribution in [2.75, 3.05) is 21.0 Å². The van der Waals surface area contributed by atoms with Gasteiger partial charge in [-0.2, -0.15) is 0 Å². The number of fused-ring (bicyclic) bond motifs is 1. The van der Waals surface area contributed by atoms with Gasteiger partial charge in [0.15, 0.2) is 17.5 Å². The summed E-state index contributed by atoms with van der Waals surface area (Å²) in [5.74, 6) is 3.13. The van der Waals surface area contributed by atoms with Gasteiger partial charge in [0.25, 0.3) is 0 Å². The van der Waals surface area contributed by atoms with E-state index in [-0.39, 0.29) is 30.8 Å². The van der Waals surface area contributed by atoms with Crippen molar-refractivity contribution in [3.05, 3.63) is 46.8 Å². The Morgan fingerprint density at radius 2 is 1.93 bits per heavy atom. The van der Waals surface area contributed by atoms with Gasteiger partial charge in [-0.1, -0.05) is 6.07 Å². The smallest absolute Gasteiger partial charge is 0.231 e. The number of nitrogens with zero attached hydrogens (tertiary/aromatic N) is 2. The molecule has 2 N–H and O–H groups in total. The highest BCUT2D eigenvalue weighted by molar-refractivity contribution is 14.0. The molecule has 7 nitrogen and oxygen atoms in total. The molecule has 1 aliphatic rings. The first kappa shape index (κ1) is 21.1. The van der Waals surface area contributed by atoms with Crippen molar-refractivity contribution >= 4 is 29.9 Å². The molecule has 2 heterocycles. The number of guanidine groups is 1. The molecule has 3 rings (SSSR count). The Hall–Kier alpha value is -2.23. The van der Waals surface area contributed by atoms with E-state index in [4.69, 9.17) is 14.2 Å². The third-order valence-corrected chi connectivity index (χ3v) is 4.29. The van der Waals surface area contributed by atoms with Crippen LogP contribution in [0.15, 0.2) is 29.4 Å². The average Bonchev–Trinajstić information content (AvgIpc) is 3.11. The number of halogens is 1. The van der Waals surface area contributed by atoms with Gasteiger partial charge < -0.3 is 24.8 Å². The van der Waals surface area contributed by atoms with Gasteiger partial charge in [-0.05, 0) is 31.5 Å². The lowest BCUT2D eigenvalue weighted by atomic mass is 10.1. The molecule has 0 fully saturated rings. The fraction of sp³-hybridized carbons (Fsp3) is 0.368. The van der Waals surface area contributed by atoms with E-state index in [0.29, 0.717) is 19.0 Å². The minimum Gasteiger partial charge on any atom is -0.496 e. The lowest BCUT2D eigenvalue weighted by Crippen LogP contribution is -2.36. The lowest BCUT2D eigenvalue weighted by molar-refractivity contribution is 0.174. The number of methoxy groups -OCH3 is 1. The summed E-state index contributed by atoms with van der Waals surface area (Å²) in [5.41, 5.74) is 4.08. The second-order valence-corrected chi connectivity index (χ2v) is 6.01. The fourth-order valence-corrected chi connectivity index (χ4v) is 2.87. The number of benzene rings is 1. The number of aromatic nitrogens is 1. The van der Waals surface area contributed by atoms with Crippen LogP contribution in [0, 0.1) is 13.8 Å². The molecule has 0 radical (unpaired) electrons. The van der Waals surface area contributed by atoms with Crippen molar-refractivity contribution in [3.8, 4) is 17.2 Å². The standard InChI is InChI=1S/C19H24N4O3.HI/c1-12-8-21-15(13(2)18(12)24-4)10-23-19(20-3)22-9-14-5-6-16-17(7-14)26-11-25-16;/h5-8H,9-11H2,1-4H3,(H2,20,22,23);1H. The molecule has 2 aromatic rings. The molecule has 0 saturated carbocycles. The van der Waals surface area contributed by atoms with Crippen LogP contribution in [0.1, 0.15) is 22.4 Å². The molecule has 0 saturated heterocycles. The predicted octanol–water partition coefficient (Wildman–Crippen LogP) is 2.92. The molecule has 0 bridgehead atoms. The number of aryl methyl sites for hydroxylation is 1. The van der Waals surface area contributed by atoms with Gasteiger partial charge in [0.2, 0.25) is 6.79 Å². The van der Waals surface area contributed by atoms with Crippen molar-refractivity contribution in [1.29, 1.82) is 0 Å². The van der Waals surface area contributed by atoms with Crippen molar-refractivity contribution in [2.24, 2.45) is 4.99 Å². The number of nitrogens with one attached hydrogen (secondary N) is 2. The highest BCUT2D eigenvalue weighted by Gasteiger charge is 2.13. The summed E-state index contributed by atoms with van der Waals surface area (Å²) in [6, 6.07) is 5.89. The molecule has 8 heteroatoms. The van der Waals surface area contributed by atoms with Crippen LogP contribution in [-0.4, -0.2) is 31.9 Å². The van der Waals surface area contributed by atoms with Gasteiger partial charge in [0.1, 0.15) is 5.75 Å². The van der Waals surface area contributed by atoms with E-state index in [9.17, 15) is 0 Å². The van der Waals surface area contributed by atoms with E-state index in [1.165, 1.54) is 0 Å². The maximum absolute atomic E-state index is 5.46. The SMILES string of the molecule is CN=C(NCc1ccc2c(c1)OCO2)NCc1ncc(C)c(OC)c1C.I. The molecule has 1 aromatic carbocycles. The molecular weight excluding hydrogens is 459 g/mol. The Morgan fingerprint density at radius 3 is 2.67 bits per heavy atom. The number of ether oxygens (including phenoxy) is 3. The topological polar surface area (TPSA) is 77.0 Å². The third-order valence-electron chi connectivity index (χ3n) is 4.29. The summed E-state index contributed by atoms with van der Waals surface area (Å²) in [4.78, 5) is 8.75. The molecule has 1 aromatic heterocycles. The van der Waals surface area contributed by atoms with E-state index in [1.54, 1.807) is 14.2 Å². The summed E-state index contributed by atoms with van der Waals surface area (Å²) in [6.07, 6.45) is 1.83. The van der Waals surface area contributed by atoms with Crippen molar-refractivity contribution in [1.82, 2.24) is 15.6 Å². The van der Waals surface area contributed by atoms with E-state index in [1.807, 2.05) is 38.2 Å². The van der Waals surface area contributed by atoms with Crippen LogP contribution in [0.3, 0.4) is 0 Å². The van der Waals surface area contributed by atoms with Gasteiger partial charge in [-0.15, -0.1) is 24.0 Å². The van der Waals surface area contributed by atoms with E-state index >= 15 is 0 Å². The van der Waals surface area contributed by atoms with Crippen LogP contribution in [0.4, 0.5) is 0 Å². The molecule has 0 spiro atoms. The van der Waals surface area contributed by atoms with Crippen LogP contribution < -0.4 is 24.8 Å². The first-order valence-electron chi connectivity index (χ1n) is 8.44. The van der Waals surface area contributed by atoms with Gasteiger partial charge in [-0.3, -0.25) is 9.98 Å². The first-order chi connectivity index (χ1) is 12.6. The Bertz CT molecular complexity index is 827. The van der Waals surface area contributed by atoms with Crippen LogP contribution in [0.25, 0.3) is 0 Å². The number of aliphatic imine (C=N–C) groups is 1. The second kappa shape index (κ2) is 9.63. The molecule has 1 aliphatic heterocycles. The largest absolute Gasteiger partial charge is 0.496 e. The van der Waals surface area contributed by atoms with Crippen molar-refractivity contribution in [2.45, 2.75) is 26.9 Å². The second-order valence-electron chi connectivity index (χ2n) is 6.01. The van der Waals surface area contributed by atoms with Crippen LogP contribution in [0.5, 0.6) is 17.2 Å². The molecule has 146 valence electrons. The Morgan fingerprint density at radius 1 is 1.19 bits per heavy atom. The molecule has 0 aliphatic carbocycles. The molecular formula is C19H25IN4O3. The Labute approximate surface area is 176 Å². The van der Waals surface area contributed by atoms with Gasteiger partial charge >= 0.3 is 0 Å². The minimum atomic E-state index is 0. The Balaban J connectivity index is 0.00000261. The summed E-state index contributed by atoms with van der Waals surface area (Å²) in [5, 5.41) is 6.57. The van der Waals surface area contributed by atoms with Crippen molar-refractivity contribution in [3.63, 3.8) is 0 Å². The minimum absolute atomic E-state index is 0. The quantitative estimate of drug-likeness (QED) is 0.386. The normalized spacial score (nSPS) is 12.4. The summed E-state index contributed by atoms with van der Waals surface area (Å²) in [7, 11) is 3.42. The molecule has 27 heavy (non-hydrogen) atoms. The fourth-order valence-electron chi connectivity index (χ4n) is 2.87. The number of hydrogen-bond donors (Lipinski definition) is 2. The highest BCUT2D eigenvalue weighted by Crippen LogP contribution is 2.32. The van der Waals surface area contributed by atoms with Gasteiger partial charge in [0.05, 0.1) is 19.3 Å². The highest BCUT2D eigenvalue weighted by atomic mass is 127. The van der Waals surface area contributed by atoms with Gasteiger partial charge in [0, 0.05) is 30.9 Å². The summed E-state index contributed by atoms with van der Waals surface area (Å²) in [6.45, 7) is 5.46. The maximum Gasteiger partial charge on any atom is 0.231 e.